The van der Waals surface area contributed by atoms with Crippen molar-refractivity contribution in [3.8, 4) is 0 Å². The molecule has 0 amide bonds. The lowest BCUT2D eigenvalue weighted by molar-refractivity contribution is -0.156. The van der Waals surface area contributed by atoms with E-state index in [0.29, 0.717) is 25.7 Å². The number of carboxylic acid groups (broad SMARTS) is 1. The molecule has 1 N–H and O–H groups in total. The summed E-state index contributed by atoms with van der Waals surface area (Å²) in [5.74, 6) is -1.22. The second-order valence-corrected chi connectivity index (χ2v) is 8.10. The molecule has 0 heterocycles. The van der Waals surface area contributed by atoms with Crippen LogP contribution in [0.3, 0.4) is 0 Å². The highest BCUT2D eigenvalue weighted by Gasteiger charge is 2.31. The van der Waals surface area contributed by atoms with Gasteiger partial charge in [-0.15, -0.1) is 0 Å². The van der Waals surface area contributed by atoms with E-state index >= 15 is 0 Å². The van der Waals surface area contributed by atoms with E-state index in [1.165, 1.54) is 57.8 Å². The van der Waals surface area contributed by atoms with Crippen LogP contribution in [0.5, 0.6) is 0 Å². The van der Waals surface area contributed by atoms with Gasteiger partial charge in [-0.1, -0.05) is 64.7 Å². The molecule has 1 aliphatic rings. The molecule has 0 radical (unpaired) electrons. The van der Waals surface area contributed by atoms with Crippen molar-refractivity contribution in [2.75, 3.05) is 0 Å². The Bertz CT molecular complexity index is 386. The number of unbranched alkanes of at least 4 members (excludes halogenated alkanes) is 9. The van der Waals surface area contributed by atoms with Gasteiger partial charge in [0.25, 0.3) is 0 Å². The Morgan fingerprint density at radius 2 is 1.31 bits per heavy atom. The van der Waals surface area contributed by atoms with Crippen molar-refractivity contribution in [3.05, 3.63) is 0 Å². The fourth-order valence-corrected chi connectivity index (χ4v) is 3.85. The summed E-state index contributed by atoms with van der Waals surface area (Å²) in [4.78, 5) is 23.2. The Kier molecular flexibility index (Phi) is 12.4. The van der Waals surface area contributed by atoms with E-state index < -0.39 is 5.97 Å². The number of carbonyl (C=O) groups excluding carboxylic acids is 1. The number of rotatable bonds is 14. The molecule has 0 bridgehead atoms. The zero-order chi connectivity index (χ0) is 19.2. The zero-order valence-corrected chi connectivity index (χ0v) is 17.0. The second-order valence-electron chi connectivity index (χ2n) is 8.10. The van der Waals surface area contributed by atoms with Gasteiger partial charge in [-0.2, -0.15) is 0 Å². The Hall–Kier alpha value is -1.06. The molecule has 1 rings (SSSR count). The Morgan fingerprint density at radius 3 is 1.81 bits per heavy atom. The molecule has 0 aromatic rings. The molecule has 152 valence electrons. The van der Waals surface area contributed by atoms with Crippen molar-refractivity contribution in [3.63, 3.8) is 0 Å². The van der Waals surface area contributed by atoms with E-state index in [0.717, 1.165) is 12.8 Å². The lowest BCUT2D eigenvalue weighted by Gasteiger charge is -2.25. The molecule has 0 aliphatic heterocycles. The van der Waals surface area contributed by atoms with E-state index in [2.05, 4.69) is 6.92 Å². The van der Waals surface area contributed by atoms with Crippen molar-refractivity contribution in [2.45, 2.75) is 116 Å². The minimum Gasteiger partial charge on any atom is -0.481 e. The summed E-state index contributed by atoms with van der Waals surface area (Å²) in [5.41, 5.74) is 0. The fraction of sp³-hybridized carbons (Fsp3) is 0.909. The molecule has 1 atom stereocenters. The number of hydrogen-bond donors (Lipinski definition) is 1. The first-order valence-electron chi connectivity index (χ1n) is 11.0. The Labute approximate surface area is 160 Å². The topological polar surface area (TPSA) is 63.6 Å². The molecule has 1 unspecified atom stereocenters. The van der Waals surface area contributed by atoms with E-state index in [-0.39, 0.29) is 23.9 Å². The summed E-state index contributed by atoms with van der Waals surface area (Å²) in [6.45, 7) is 4.23. The number of aliphatic carboxylic acids is 1. The maximum atomic E-state index is 12.2. The van der Waals surface area contributed by atoms with Gasteiger partial charge in [0.05, 0.1) is 17.9 Å². The molecular formula is C22H40O4. The summed E-state index contributed by atoms with van der Waals surface area (Å²) in [7, 11) is 0. The number of hydrogen-bond acceptors (Lipinski definition) is 3. The fourth-order valence-electron chi connectivity index (χ4n) is 3.85. The predicted molar refractivity (Wildman–Crippen MR) is 105 cm³/mol. The lowest BCUT2D eigenvalue weighted by atomic mass is 9.82. The largest absolute Gasteiger partial charge is 0.481 e. The molecule has 0 aromatic carbocycles. The molecule has 0 spiro atoms. The highest BCUT2D eigenvalue weighted by molar-refractivity contribution is 5.74. The van der Waals surface area contributed by atoms with Crippen LogP contribution in [-0.2, 0) is 14.3 Å². The summed E-state index contributed by atoms with van der Waals surface area (Å²) in [6.07, 6.45) is 16.6. The van der Waals surface area contributed by atoms with Crippen LogP contribution in [-0.4, -0.2) is 23.1 Å². The monoisotopic (exact) mass is 368 g/mol. The van der Waals surface area contributed by atoms with E-state index in [9.17, 15) is 9.59 Å². The van der Waals surface area contributed by atoms with Crippen molar-refractivity contribution in [1.82, 2.24) is 0 Å². The zero-order valence-electron chi connectivity index (χ0n) is 17.0. The van der Waals surface area contributed by atoms with Gasteiger partial charge in [0, 0.05) is 0 Å². The van der Waals surface area contributed by atoms with Crippen LogP contribution in [0.15, 0.2) is 0 Å². The first-order valence-corrected chi connectivity index (χ1v) is 11.0. The normalized spacial score (nSPS) is 21.3. The number of esters is 1. The third kappa shape index (κ3) is 10.2. The second kappa shape index (κ2) is 14.1. The van der Waals surface area contributed by atoms with Gasteiger partial charge >= 0.3 is 11.9 Å². The summed E-state index contributed by atoms with van der Waals surface area (Å²) in [6, 6.07) is 0. The van der Waals surface area contributed by atoms with Gasteiger partial charge in [-0.25, -0.2) is 0 Å². The Morgan fingerprint density at radius 1 is 0.846 bits per heavy atom. The molecule has 4 nitrogen and oxygen atoms in total. The van der Waals surface area contributed by atoms with Crippen LogP contribution >= 0.6 is 0 Å². The van der Waals surface area contributed by atoms with Gasteiger partial charge in [0.1, 0.15) is 0 Å². The third-order valence-electron chi connectivity index (χ3n) is 5.69. The number of carboxylic acids is 1. The maximum absolute atomic E-state index is 12.2. The number of carbonyl (C=O) groups is 2. The minimum atomic E-state index is -0.730. The van der Waals surface area contributed by atoms with Gasteiger partial charge in [-0.05, 0) is 45.4 Å². The van der Waals surface area contributed by atoms with Crippen LogP contribution in [0.1, 0.15) is 110 Å². The summed E-state index contributed by atoms with van der Waals surface area (Å²) >= 11 is 0. The van der Waals surface area contributed by atoms with Crippen LogP contribution in [0.25, 0.3) is 0 Å². The highest BCUT2D eigenvalue weighted by atomic mass is 16.5. The molecule has 26 heavy (non-hydrogen) atoms. The summed E-state index contributed by atoms with van der Waals surface area (Å²) < 4.78 is 5.58. The minimum absolute atomic E-state index is 0.0197. The average Bonchev–Trinajstić information content (AvgIpc) is 2.63. The van der Waals surface area contributed by atoms with Gasteiger partial charge in [0.15, 0.2) is 0 Å². The van der Waals surface area contributed by atoms with Crippen molar-refractivity contribution >= 4 is 11.9 Å². The predicted octanol–water partition coefficient (Wildman–Crippen LogP) is 6.12. The average molecular weight is 369 g/mol. The van der Waals surface area contributed by atoms with Crippen molar-refractivity contribution < 1.29 is 19.4 Å². The third-order valence-corrected chi connectivity index (χ3v) is 5.69. The SMILES string of the molecule is CCCCCCCCCCCCC(C)OC(=O)C1CCC(C(=O)O)CC1. The highest BCUT2D eigenvalue weighted by Crippen LogP contribution is 2.30. The molecular weight excluding hydrogens is 328 g/mol. The van der Waals surface area contributed by atoms with E-state index in [1.54, 1.807) is 0 Å². The van der Waals surface area contributed by atoms with Gasteiger partial charge in [-0.3, -0.25) is 9.59 Å². The van der Waals surface area contributed by atoms with Crippen molar-refractivity contribution in [1.29, 1.82) is 0 Å². The van der Waals surface area contributed by atoms with E-state index in [1.807, 2.05) is 6.92 Å². The van der Waals surface area contributed by atoms with Crippen LogP contribution < -0.4 is 0 Å². The standard InChI is InChI=1S/C22H40O4/c1-3-4-5-6-7-8-9-10-11-12-13-18(2)26-22(25)20-16-14-19(15-17-20)21(23)24/h18-20H,3-17H2,1-2H3,(H,23,24). The summed E-state index contributed by atoms with van der Waals surface area (Å²) in [5, 5.41) is 9.02. The van der Waals surface area contributed by atoms with Crippen LogP contribution in [0, 0.1) is 11.8 Å². The number of ether oxygens (including phenoxy) is 1. The van der Waals surface area contributed by atoms with Crippen molar-refractivity contribution in [2.24, 2.45) is 11.8 Å². The first-order chi connectivity index (χ1) is 12.5. The molecule has 1 aliphatic carbocycles. The molecule has 4 heteroatoms. The Balaban J connectivity index is 1.98. The lowest BCUT2D eigenvalue weighted by Crippen LogP contribution is -2.29. The van der Waals surface area contributed by atoms with Gasteiger partial charge in [0.2, 0.25) is 0 Å². The maximum Gasteiger partial charge on any atom is 0.309 e. The van der Waals surface area contributed by atoms with Crippen LogP contribution in [0.4, 0.5) is 0 Å². The molecule has 0 saturated heterocycles. The van der Waals surface area contributed by atoms with E-state index in [4.69, 9.17) is 9.84 Å². The molecule has 1 saturated carbocycles. The smallest absolute Gasteiger partial charge is 0.309 e. The molecule has 0 aromatic heterocycles. The van der Waals surface area contributed by atoms with Crippen LogP contribution in [0.2, 0.25) is 0 Å². The molecule has 1 fully saturated rings. The quantitative estimate of drug-likeness (QED) is 0.296. The van der Waals surface area contributed by atoms with Gasteiger partial charge < -0.3 is 9.84 Å². The first kappa shape index (κ1) is 23.0.